The predicted octanol–water partition coefficient (Wildman–Crippen LogP) is 4.13. The first-order valence-corrected chi connectivity index (χ1v) is 8.68. The molecule has 1 saturated heterocycles. The fourth-order valence-corrected chi connectivity index (χ4v) is 3.30. The average Bonchev–Trinajstić information content (AvgIpc) is 3.22. The molecule has 1 fully saturated rings. The number of fused-ring (bicyclic) bond motifs is 1. The van der Waals surface area contributed by atoms with Crippen molar-refractivity contribution in [2.45, 2.75) is 32.3 Å². The Bertz CT molecular complexity index is 721. The van der Waals surface area contributed by atoms with Crippen molar-refractivity contribution >= 4 is 28.5 Å². The normalized spacial score (nSPS) is 17.4. The topological polar surface area (TPSA) is 51.9 Å². The van der Waals surface area contributed by atoms with Crippen LogP contribution in [0.3, 0.4) is 0 Å². The number of ether oxygens (including phenoxy) is 2. The van der Waals surface area contributed by atoms with Gasteiger partial charge in [-0.25, -0.2) is 0 Å². The summed E-state index contributed by atoms with van der Waals surface area (Å²) in [6.07, 6.45) is 3.05. The highest BCUT2D eigenvalue weighted by Crippen LogP contribution is 2.32. The molecule has 1 aliphatic rings. The molecule has 0 spiro atoms. The monoisotopic (exact) mass is 351 g/mol. The molecule has 0 N–H and O–H groups in total. The molecule has 0 radical (unpaired) electrons. The number of benzene rings is 1. The Balaban J connectivity index is 1.87. The van der Waals surface area contributed by atoms with Crippen LogP contribution in [0.2, 0.25) is 5.02 Å². The van der Waals surface area contributed by atoms with Crippen LogP contribution < -0.4 is 4.74 Å². The molecule has 3 rings (SSSR count). The lowest BCUT2D eigenvalue weighted by Crippen LogP contribution is -2.37. The van der Waals surface area contributed by atoms with E-state index in [4.69, 9.17) is 25.5 Å². The summed E-state index contributed by atoms with van der Waals surface area (Å²) in [4.78, 5) is 14.7. The van der Waals surface area contributed by atoms with Crippen LogP contribution in [0, 0.1) is 0 Å². The molecule has 24 heavy (non-hydrogen) atoms. The van der Waals surface area contributed by atoms with E-state index >= 15 is 0 Å². The molecule has 2 heterocycles. The van der Waals surface area contributed by atoms with E-state index in [1.54, 1.807) is 25.3 Å². The van der Waals surface area contributed by atoms with Crippen molar-refractivity contribution in [3.8, 4) is 5.75 Å². The number of carbonyl (C=O) groups excluding carboxylic acids is 1. The van der Waals surface area contributed by atoms with Crippen LogP contribution in [0.25, 0.3) is 11.0 Å². The lowest BCUT2D eigenvalue weighted by Gasteiger charge is -2.24. The molecular formula is C18H22ClNO4. The van der Waals surface area contributed by atoms with Crippen LogP contribution in [0.15, 0.2) is 22.6 Å². The first kappa shape index (κ1) is 17.1. The SMILES string of the molecule is CCCN(CC1CCCO1)C(=O)c1cc2cc(Cl)cc(OC)c2o1. The van der Waals surface area contributed by atoms with Gasteiger partial charge in [-0.2, -0.15) is 0 Å². The third-order valence-electron chi connectivity index (χ3n) is 4.21. The molecule has 1 aromatic carbocycles. The van der Waals surface area contributed by atoms with E-state index in [0.29, 0.717) is 35.2 Å². The van der Waals surface area contributed by atoms with Gasteiger partial charge in [0.25, 0.3) is 5.91 Å². The van der Waals surface area contributed by atoms with Crippen LogP contribution in [-0.4, -0.2) is 43.7 Å². The number of hydrogen-bond acceptors (Lipinski definition) is 4. The van der Waals surface area contributed by atoms with E-state index in [-0.39, 0.29) is 12.0 Å². The standard InChI is InChI=1S/C18H22ClNO4/c1-3-6-20(11-14-5-4-7-23-14)18(21)16-9-12-8-13(19)10-15(22-2)17(12)24-16/h8-10,14H,3-7,11H2,1-2H3. The van der Waals surface area contributed by atoms with Crippen molar-refractivity contribution < 1.29 is 18.7 Å². The first-order chi connectivity index (χ1) is 11.6. The van der Waals surface area contributed by atoms with Crippen LogP contribution >= 0.6 is 11.6 Å². The molecule has 1 amide bonds. The highest BCUT2D eigenvalue weighted by atomic mass is 35.5. The minimum absolute atomic E-state index is 0.119. The number of carbonyl (C=O) groups is 1. The van der Waals surface area contributed by atoms with E-state index in [1.807, 2.05) is 4.90 Å². The number of furan rings is 1. The Morgan fingerprint density at radius 2 is 2.25 bits per heavy atom. The summed E-state index contributed by atoms with van der Waals surface area (Å²) in [5, 5.41) is 1.31. The summed E-state index contributed by atoms with van der Waals surface area (Å²) in [6.45, 7) is 4.10. The van der Waals surface area contributed by atoms with Gasteiger partial charge in [0, 0.05) is 36.2 Å². The van der Waals surface area contributed by atoms with Gasteiger partial charge >= 0.3 is 0 Å². The van der Waals surface area contributed by atoms with Crippen molar-refractivity contribution in [1.82, 2.24) is 4.90 Å². The summed E-state index contributed by atoms with van der Waals surface area (Å²) >= 11 is 6.08. The third-order valence-corrected chi connectivity index (χ3v) is 4.42. The second-order valence-electron chi connectivity index (χ2n) is 6.02. The number of halogens is 1. The van der Waals surface area contributed by atoms with Gasteiger partial charge in [0.1, 0.15) is 0 Å². The van der Waals surface area contributed by atoms with E-state index in [0.717, 1.165) is 31.3 Å². The van der Waals surface area contributed by atoms with E-state index < -0.39 is 0 Å². The highest BCUT2D eigenvalue weighted by molar-refractivity contribution is 6.31. The Morgan fingerprint density at radius 3 is 2.92 bits per heavy atom. The van der Waals surface area contributed by atoms with Crippen LogP contribution in [0.1, 0.15) is 36.7 Å². The molecule has 130 valence electrons. The molecule has 6 heteroatoms. The van der Waals surface area contributed by atoms with Gasteiger partial charge in [-0.15, -0.1) is 0 Å². The highest BCUT2D eigenvalue weighted by Gasteiger charge is 2.25. The molecule has 2 aromatic rings. The number of hydrogen-bond donors (Lipinski definition) is 0. The molecule has 1 unspecified atom stereocenters. The number of methoxy groups -OCH3 is 1. The maximum absolute atomic E-state index is 12.9. The average molecular weight is 352 g/mol. The van der Waals surface area contributed by atoms with Crippen LogP contribution in [0.4, 0.5) is 0 Å². The zero-order valence-corrected chi connectivity index (χ0v) is 14.8. The van der Waals surface area contributed by atoms with Crippen LogP contribution in [-0.2, 0) is 4.74 Å². The van der Waals surface area contributed by atoms with Gasteiger partial charge in [0.05, 0.1) is 13.2 Å². The van der Waals surface area contributed by atoms with E-state index in [2.05, 4.69) is 6.92 Å². The van der Waals surface area contributed by atoms with Gasteiger partial charge in [-0.3, -0.25) is 4.79 Å². The van der Waals surface area contributed by atoms with Crippen molar-refractivity contribution in [1.29, 1.82) is 0 Å². The van der Waals surface area contributed by atoms with E-state index in [9.17, 15) is 4.79 Å². The summed E-state index contributed by atoms with van der Waals surface area (Å²) in [6, 6.07) is 5.17. The summed E-state index contributed by atoms with van der Waals surface area (Å²) in [5.41, 5.74) is 0.541. The number of nitrogens with zero attached hydrogens (tertiary/aromatic N) is 1. The minimum atomic E-state index is -0.123. The van der Waals surface area contributed by atoms with Crippen molar-refractivity contribution in [3.63, 3.8) is 0 Å². The molecule has 5 nitrogen and oxygen atoms in total. The van der Waals surface area contributed by atoms with Gasteiger partial charge in [-0.1, -0.05) is 18.5 Å². The number of rotatable bonds is 6. The summed E-state index contributed by atoms with van der Waals surface area (Å²) < 4.78 is 16.7. The Labute approximate surface area is 146 Å². The quantitative estimate of drug-likeness (QED) is 0.785. The molecule has 1 aliphatic heterocycles. The smallest absolute Gasteiger partial charge is 0.289 e. The fourth-order valence-electron chi connectivity index (χ4n) is 3.08. The largest absolute Gasteiger partial charge is 0.493 e. The molecule has 0 aliphatic carbocycles. The molecule has 0 saturated carbocycles. The second kappa shape index (κ2) is 7.45. The fraction of sp³-hybridized carbons (Fsp3) is 0.500. The molecular weight excluding hydrogens is 330 g/mol. The summed E-state index contributed by atoms with van der Waals surface area (Å²) in [5.74, 6) is 0.705. The first-order valence-electron chi connectivity index (χ1n) is 8.30. The van der Waals surface area contributed by atoms with Crippen molar-refractivity contribution in [3.05, 3.63) is 29.0 Å². The Hall–Kier alpha value is -1.72. The molecule has 1 atom stereocenters. The summed E-state index contributed by atoms with van der Waals surface area (Å²) in [7, 11) is 1.55. The number of amides is 1. The molecule has 1 aromatic heterocycles. The van der Waals surface area contributed by atoms with E-state index in [1.165, 1.54) is 0 Å². The second-order valence-corrected chi connectivity index (χ2v) is 6.46. The lowest BCUT2D eigenvalue weighted by atomic mass is 10.2. The van der Waals surface area contributed by atoms with Gasteiger partial charge in [-0.05, 0) is 31.4 Å². The van der Waals surface area contributed by atoms with Crippen molar-refractivity contribution in [2.75, 3.05) is 26.8 Å². The minimum Gasteiger partial charge on any atom is -0.493 e. The predicted molar refractivity (Wildman–Crippen MR) is 92.9 cm³/mol. The Kier molecular flexibility index (Phi) is 5.31. The van der Waals surface area contributed by atoms with Gasteiger partial charge in [0.2, 0.25) is 0 Å². The van der Waals surface area contributed by atoms with Gasteiger partial charge < -0.3 is 18.8 Å². The zero-order valence-electron chi connectivity index (χ0n) is 14.0. The maximum atomic E-state index is 12.9. The zero-order chi connectivity index (χ0) is 17.1. The van der Waals surface area contributed by atoms with Gasteiger partial charge in [0.15, 0.2) is 17.1 Å². The van der Waals surface area contributed by atoms with Crippen LogP contribution in [0.5, 0.6) is 5.75 Å². The molecule has 0 bridgehead atoms. The third kappa shape index (κ3) is 3.52. The Morgan fingerprint density at radius 1 is 1.42 bits per heavy atom. The maximum Gasteiger partial charge on any atom is 0.289 e. The lowest BCUT2D eigenvalue weighted by molar-refractivity contribution is 0.0504. The van der Waals surface area contributed by atoms with Crippen molar-refractivity contribution in [2.24, 2.45) is 0 Å².